The Morgan fingerprint density at radius 1 is 1.19 bits per heavy atom. The maximum absolute atomic E-state index is 12.7. The van der Waals surface area contributed by atoms with Crippen molar-refractivity contribution in [2.45, 2.75) is 13.5 Å². The number of hydrogen-bond donors (Lipinski definition) is 1. The smallest absolute Gasteiger partial charge is 0.253 e. The molecule has 6 nitrogen and oxygen atoms in total. The lowest BCUT2D eigenvalue weighted by molar-refractivity contribution is 0.0950. The molecule has 4 rings (SSSR count). The molecule has 0 aliphatic rings. The van der Waals surface area contributed by atoms with Gasteiger partial charge >= 0.3 is 0 Å². The molecule has 134 valence electrons. The summed E-state index contributed by atoms with van der Waals surface area (Å²) >= 11 is 6.05. The van der Waals surface area contributed by atoms with Crippen molar-refractivity contribution in [3.8, 4) is 5.82 Å². The minimum absolute atomic E-state index is 0.197. The second-order valence-electron chi connectivity index (χ2n) is 6.08. The van der Waals surface area contributed by atoms with Crippen molar-refractivity contribution in [2.24, 2.45) is 0 Å². The lowest BCUT2D eigenvalue weighted by Crippen LogP contribution is -2.25. The highest BCUT2D eigenvalue weighted by molar-refractivity contribution is 6.31. The number of aryl methyl sites for hydroxylation is 1. The highest BCUT2D eigenvalue weighted by Crippen LogP contribution is 2.21. The van der Waals surface area contributed by atoms with Gasteiger partial charge in [-0.05, 0) is 43.3 Å². The normalized spacial score (nSPS) is 10.9. The van der Waals surface area contributed by atoms with Crippen LogP contribution in [0.15, 0.2) is 61.1 Å². The van der Waals surface area contributed by atoms with Gasteiger partial charge < -0.3 is 5.32 Å². The van der Waals surface area contributed by atoms with Gasteiger partial charge in [-0.3, -0.25) is 9.78 Å². The predicted molar refractivity (Wildman–Crippen MR) is 104 cm³/mol. The number of carbonyl (C=O) groups is 1. The number of rotatable bonds is 4. The molecule has 0 spiro atoms. The van der Waals surface area contributed by atoms with Crippen molar-refractivity contribution in [3.05, 3.63) is 82.9 Å². The molecule has 1 aromatic carbocycles. The number of hydrogen-bond acceptors (Lipinski definition) is 4. The highest BCUT2D eigenvalue weighted by Gasteiger charge is 2.13. The molecule has 1 N–H and O–H groups in total. The molecule has 7 heteroatoms. The Morgan fingerprint density at radius 2 is 2.07 bits per heavy atom. The van der Waals surface area contributed by atoms with Crippen LogP contribution in [0.1, 0.15) is 21.6 Å². The van der Waals surface area contributed by atoms with E-state index in [0.29, 0.717) is 28.6 Å². The van der Waals surface area contributed by atoms with Crippen LogP contribution in [0.2, 0.25) is 5.02 Å². The van der Waals surface area contributed by atoms with Gasteiger partial charge in [-0.25, -0.2) is 9.67 Å². The van der Waals surface area contributed by atoms with E-state index >= 15 is 0 Å². The van der Waals surface area contributed by atoms with Crippen LogP contribution in [0.25, 0.3) is 16.7 Å². The van der Waals surface area contributed by atoms with Crippen LogP contribution in [0, 0.1) is 6.92 Å². The van der Waals surface area contributed by atoms with E-state index in [4.69, 9.17) is 11.6 Å². The molecule has 3 heterocycles. The van der Waals surface area contributed by atoms with Gasteiger partial charge in [-0.1, -0.05) is 17.7 Å². The Kier molecular flexibility index (Phi) is 4.56. The van der Waals surface area contributed by atoms with E-state index in [0.717, 1.165) is 16.5 Å². The molecule has 1 amide bonds. The first-order valence-electron chi connectivity index (χ1n) is 8.41. The van der Waals surface area contributed by atoms with Crippen LogP contribution in [0.4, 0.5) is 0 Å². The maximum atomic E-state index is 12.7. The molecule has 0 bridgehead atoms. The van der Waals surface area contributed by atoms with E-state index in [1.54, 1.807) is 29.2 Å². The molecular weight excluding hydrogens is 362 g/mol. The van der Waals surface area contributed by atoms with E-state index in [1.165, 1.54) is 0 Å². The number of benzene rings is 1. The standard InChI is InChI=1S/C20H16ClN5O/c1-13-17(11-15-10-16(21)5-6-18(15)25-13)20(27)23-12-14-4-2-7-22-19(14)26-9-3-8-24-26/h2-11H,12H2,1H3,(H,23,27). The largest absolute Gasteiger partial charge is 0.348 e. The lowest BCUT2D eigenvalue weighted by Gasteiger charge is -2.11. The molecule has 0 aliphatic heterocycles. The number of amides is 1. The Bertz CT molecular complexity index is 1120. The van der Waals surface area contributed by atoms with Gasteiger partial charge in [0.15, 0.2) is 5.82 Å². The summed E-state index contributed by atoms with van der Waals surface area (Å²) in [5.74, 6) is 0.486. The molecular formula is C20H16ClN5O. The molecule has 4 aromatic rings. The van der Waals surface area contributed by atoms with Crippen LogP contribution in [0.3, 0.4) is 0 Å². The van der Waals surface area contributed by atoms with Gasteiger partial charge in [0, 0.05) is 41.1 Å². The van der Waals surface area contributed by atoms with Crippen molar-refractivity contribution < 1.29 is 4.79 Å². The van der Waals surface area contributed by atoms with E-state index < -0.39 is 0 Å². The number of aromatic nitrogens is 4. The minimum atomic E-state index is -0.197. The maximum Gasteiger partial charge on any atom is 0.253 e. The van der Waals surface area contributed by atoms with E-state index in [9.17, 15) is 4.79 Å². The van der Waals surface area contributed by atoms with Crippen molar-refractivity contribution in [1.29, 1.82) is 0 Å². The molecule has 0 aliphatic carbocycles. The Balaban J connectivity index is 1.59. The molecule has 0 atom stereocenters. The third kappa shape index (κ3) is 3.52. The number of fused-ring (bicyclic) bond motifs is 1. The van der Waals surface area contributed by atoms with Gasteiger partial charge in [-0.2, -0.15) is 5.10 Å². The second-order valence-corrected chi connectivity index (χ2v) is 6.51. The second kappa shape index (κ2) is 7.17. The van der Waals surface area contributed by atoms with Gasteiger partial charge in [0.25, 0.3) is 5.91 Å². The summed E-state index contributed by atoms with van der Waals surface area (Å²) in [4.78, 5) is 21.6. The summed E-state index contributed by atoms with van der Waals surface area (Å²) in [6.07, 6.45) is 5.20. The fourth-order valence-electron chi connectivity index (χ4n) is 2.91. The Hall–Kier alpha value is -3.25. The quantitative estimate of drug-likeness (QED) is 0.588. The zero-order chi connectivity index (χ0) is 18.8. The van der Waals surface area contributed by atoms with Gasteiger partial charge in [0.05, 0.1) is 16.8 Å². The molecule has 0 saturated heterocycles. The highest BCUT2D eigenvalue weighted by atomic mass is 35.5. The molecule has 3 aromatic heterocycles. The van der Waals surface area contributed by atoms with Gasteiger partial charge in [0.1, 0.15) is 0 Å². The van der Waals surface area contributed by atoms with Gasteiger partial charge in [-0.15, -0.1) is 0 Å². The molecule has 0 unspecified atom stereocenters. The first-order valence-corrected chi connectivity index (χ1v) is 8.78. The summed E-state index contributed by atoms with van der Waals surface area (Å²) in [5.41, 5.74) is 2.86. The fourth-order valence-corrected chi connectivity index (χ4v) is 3.09. The van der Waals surface area contributed by atoms with Crippen molar-refractivity contribution >= 4 is 28.4 Å². The first kappa shape index (κ1) is 17.2. The van der Waals surface area contributed by atoms with Crippen LogP contribution in [-0.2, 0) is 6.54 Å². The van der Waals surface area contributed by atoms with Crippen molar-refractivity contribution in [3.63, 3.8) is 0 Å². The fraction of sp³-hybridized carbons (Fsp3) is 0.100. The number of carbonyl (C=O) groups excluding carboxylic acids is 1. The van der Waals surface area contributed by atoms with Crippen LogP contribution in [-0.4, -0.2) is 25.7 Å². The number of pyridine rings is 2. The number of nitrogens with zero attached hydrogens (tertiary/aromatic N) is 4. The van der Waals surface area contributed by atoms with E-state index in [1.807, 2.05) is 43.5 Å². The van der Waals surface area contributed by atoms with Crippen molar-refractivity contribution in [1.82, 2.24) is 25.1 Å². The Morgan fingerprint density at radius 3 is 2.89 bits per heavy atom. The average molecular weight is 378 g/mol. The summed E-state index contributed by atoms with van der Waals surface area (Å²) in [6, 6.07) is 12.8. The summed E-state index contributed by atoms with van der Waals surface area (Å²) < 4.78 is 1.67. The van der Waals surface area contributed by atoms with Crippen LogP contribution < -0.4 is 5.32 Å². The molecule has 27 heavy (non-hydrogen) atoms. The zero-order valence-corrected chi connectivity index (χ0v) is 15.3. The van der Waals surface area contributed by atoms with E-state index in [2.05, 4.69) is 20.4 Å². The van der Waals surface area contributed by atoms with Crippen LogP contribution >= 0.6 is 11.6 Å². The third-order valence-electron chi connectivity index (χ3n) is 4.24. The third-order valence-corrected chi connectivity index (χ3v) is 4.48. The number of halogens is 1. The molecule has 0 saturated carbocycles. The lowest BCUT2D eigenvalue weighted by atomic mass is 10.1. The topological polar surface area (TPSA) is 72.7 Å². The zero-order valence-electron chi connectivity index (χ0n) is 14.6. The average Bonchev–Trinajstić information content (AvgIpc) is 3.21. The van der Waals surface area contributed by atoms with E-state index in [-0.39, 0.29) is 5.91 Å². The molecule has 0 fully saturated rings. The SMILES string of the molecule is Cc1nc2ccc(Cl)cc2cc1C(=O)NCc1cccnc1-n1cccn1. The van der Waals surface area contributed by atoms with Gasteiger partial charge in [0.2, 0.25) is 0 Å². The summed E-state index contributed by atoms with van der Waals surface area (Å²) in [7, 11) is 0. The summed E-state index contributed by atoms with van der Waals surface area (Å²) in [5, 5.41) is 8.59. The summed E-state index contributed by atoms with van der Waals surface area (Å²) in [6.45, 7) is 2.15. The monoisotopic (exact) mass is 377 g/mol. The number of nitrogens with one attached hydrogen (secondary N) is 1. The van der Waals surface area contributed by atoms with Crippen molar-refractivity contribution in [2.75, 3.05) is 0 Å². The minimum Gasteiger partial charge on any atom is -0.348 e. The molecule has 0 radical (unpaired) electrons. The van der Waals surface area contributed by atoms with Crippen LogP contribution in [0.5, 0.6) is 0 Å². The predicted octanol–water partition coefficient (Wildman–Crippen LogP) is 3.71. The first-order chi connectivity index (χ1) is 13.1. The Labute approximate surface area is 160 Å².